The van der Waals surface area contributed by atoms with Crippen LogP contribution in [0.5, 0.6) is 0 Å². The van der Waals surface area contributed by atoms with Gasteiger partial charge in [-0.2, -0.15) is 0 Å². The third-order valence-electron chi connectivity index (χ3n) is 3.58. The van der Waals surface area contributed by atoms with E-state index in [4.69, 9.17) is 0 Å². The summed E-state index contributed by atoms with van der Waals surface area (Å²) in [7, 11) is 0. The Labute approximate surface area is 107 Å². The number of rotatable bonds is 2. The van der Waals surface area contributed by atoms with Crippen molar-refractivity contribution < 1.29 is 9.18 Å². The first kappa shape index (κ1) is 11.2. The molecule has 3 rings (SSSR count). The molecule has 1 aromatic rings. The van der Waals surface area contributed by atoms with E-state index >= 15 is 0 Å². The van der Waals surface area contributed by atoms with Crippen molar-refractivity contribution in [3.8, 4) is 0 Å². The lowest BCUT2D eigenvalue weighted by Crippen LogP contribution is -2.33. The Bertz CT molecular complexity index is 449. The van der Waals surface area contributed by atoms with E-state index < -0.39 is 5.82 Å². The minimum Gasteiger partial charge on any atom is -0.348 e. The van der Waals surface area contributed by atoms with Crippen LogP contribution < -0.4 is 10.6 Å². The molecule has 1 heterocycles. The molecule has 1 saturated heterocycles. The molecule has 3 nitrogen and oxygen atoms in total. The number of hydrogen-bond donors (Lipinski definition) is 2. The number of benzene rings is 1. The summed E-state index contributed by atoms with van der Waals surface area (Å²) in [5.74, 6) is 0.254. The van der Waals surface area contributed by atoms with Gasteiger partial charge in [0, 0.05) is 23.6 Å². The SMILES string of the molecule is O=C(NC1C2CNCC21)c1c(F)cccc1Br. The van der Waals surface area contributed by atoms with E-state index in [0.29, 0.717) is 16.3 Å². The zero-order valence-electron chi connectivity index (χ0n) is 9.04. The van der Waals surface area contributed by atoms with Crippen LogP contribution >= 0.6 is 15.9 Å². The average molecular weight is 299 g/mol. The van der Waals surface area contributed by atoms with Gasteiger partial charge >= 0.3 is 0 Å². The molecule has 1 saturated carbocycles. The topological polar surface area (TPSA) is 41.1 Å². The molecule has 2 aliphatic rings. The number of carbonyl (C=O) groups excluding carboxylic acids is 1. The Kier molecular flexibility index (Phi) is 2.67. The molecule has 2 fully saturated rings. The number of fused-ring (bicyclic) bond motifs is 1. The number of halogens is 2. The second-order valence-corrected chi connectivity index (χ2v) is 5.44. The summed E-state index contributed by atoms with van der Waals surface area (Å²) in [6.45, 7) is 1.90. The maximum atomic E-state index is 13.6. The van der Waals surface area contributed by atoms with Crippen LogP contribution in [-0.4, -0.2) is 25.0 Å². The Morgan fingerprint density at radius 1 is 1.41 bits per heavy atom. The highest BCUT2D eigenvalue weighted by molar-refractivity contribution is 9.10. The van der Waals surface area contributed by atoms with Gasteiger partial charge in [0.25, 0.3) is 5.91 Å². The van der Waals surface area contributed by atoms with E-state index in [1.165, 1.54) is 6.07 Å². The van der Waals surface area contributed by atoms with Gasteiger partial charge in [0.15, 0.2) is 0 Å². The van der Waals surface area contributed by atoms with Crippen molar-refractivity contribution in [3.63, 3.8) is 0 Å². The zero-order valence-corrected chi connectivity index (χ0v) is 10.6. The molecule has 5 heteroatoms. The summed E-state index contributed by atoms with van der Waals surface area (Å²) < 4.78 is 14.1. The van der Waals surface area contributed by atoms with Crippen molar-refractivity contribution in [2.75, 3.05) is 13.1 Å². The lowest BCUT2D eigenvalue weighted by Gasteiger charge is -2.09. The van der Waals surface area contributed by atoms with Crippen LogP contribution in [0, 0.1) is 17.7 Å². The highest BCUT2D eigenvalue weighted by Crippen LogP contribution is 2.41. The minimum absolute atomic E-state index is 0.102. The zero-order chi connectivity index (χ0) is 12.0. The summed E-state index contributed by atoms with van der Waals surface area (Å²) in [5.41, 5.74) is 0.102. The van der Waals surface area contributed by atoms with Gasteiger partial charge in [-0.15, -0.1) is 0 Å². The Balaban J connectivity index is 1.74. The second-order valence-electron chi connectivity index (χ2n) is 4.58. The lowest BCUT2D eigenvalue weighted by atomic mass is 10.2. The van der Waals surface area contributed by atoms with Gasteiger partial charge in [0.05, 0.1) is 5.56 Å². The Hall–Kier alpha value is -0.940. The molecule has 1 aromatic carbocycles. The third-order valence-corrected chi connectivity index (χ3v) is 4.24. The number of carbonyl (C=O) groups is 1. The monoisotopic (exact) mass is 298 g/mol. The molecule has 0 bridgehead atoms. The minimum atomic E-state index is -0.485. The Morgan fingerprint density at radius 3 is 2.76 bits per heavy atom. The molecule has 2 unspecified atom stereocenters. The molecule has 90 valence electrons. The highest BCUT2D eigenvalue weighted by atomic mass is 79.9. The molecular weight excluding hydrogens is 287 g/mol. The van der Waals surface area contributed by atoms with Gasteiger partial charge in [0.2, 0.25) is 0 Å². The van der Waals surface area contributed by atoms with Crippen LogP contribution in [0.1, 0.15) is 10.4 Å². The molecule has 2 atom stereocenters. The average Bonchev–Trinajstić information content (AvgIpc) is 2.74. The maximum Gasteiger partial charge on any atom is 0.255 e. The summed E-state index contributed by atoms with van der Waals surface area (Å²) >= 11 is 3.21. The molecule has 0 radical (unpaired) electrons. The van der Waals surface area contributed by atoms with Crippen LogP contribution in [0.4, 0.5) is 4.39 Å². The first-order chi connectivity index (χ1) is 8.18. The van der Waals surface area contributed by atoms with Crippen molar-refractivity contribution in [2.45, 2.75) is 6.04 Å². The largest absolute Gasteiger partial charge is 0.348 e. The van der Waals surface area contributed by atoms with Crippen LogP contribution in [-0.2, 0) is 0 Å². The summed E-state index contributed by atoms with van der Waals surface area (Å²) in [6, 6.07) is 4.77. The normalized spacial score (nSPS) is 29.9. The number of piperidine rings is 1. The standard InChI is InChI=1S/C12H12BrFN2O/c13-8-2-1-3-9(14)10(8)12(17)16-11-6-4-15-5-7(6)11/h1-3,6-7,11,15H,4-5H2,(H,16,17). The second kappa shape index (κ2) is 4.07. The van der Waals surface area contributed by atoms with Crippen molar-refractivity contribution in [1.29, 1.82) is 0 Å². The third kappa shape index (κ3) is 1.87. The van der Waals surface area contributed by atoms with Crippen molar-refractivity contribution in [2.24, 2.45) is 11.8 Å². The maximum absolute atomic E-state index is 13.6. The number of amides is 1. The van der Waals surface area contributed by atoms with Crippen LogP contribution in [0.15, 0.2) is 22.7 Å². The first-order valence-corrected chi connectivity index (χ1v) is 6.43. The summed E-state index contributed by atoms with van der Waals surface area (Å²) in [5, 5.41) is 6.16. The van der Waals surface area contributed by atoms with Gasteiger partial charge in [0.1, 0.15) is 5.82 Å². The van der Waals surface area contributed by atoms with Gasteiger partial charge in [-0.05, 0) is 39.9 Å². The number of hydrogen-bond acceptors (Lipinski definition) is 2. The van der Waals surface area contributed by atoms with Gasteiger partial charge in [-0.3, -0.25) is 4.79 Å². The fourth-order valence-electron chi connectivity index (χ4n) is 2.57. The fourth-order valence-corrected chi connectivity index (χ4v) is 3.09. The van der Waals surface area contributed by atoms with Crippen LogP contribution in [0.25, 0.3) is 0 Å². The van der Waals surface area contributed by atoms with Gasteiger partial charge in [-0.1, -0.05) is 6.07 Å². The van der Waals surface area contributed by atoms with Crippen molar-refractivity contribution in [1.82, 2.24) is 10.6 Å². The summed E-state index contributed by atoms with van der Waals surface area (Å²) in [6.07, 6.45) is 0. The van der Waals surface area contributed by atoms with E-state index in [-0.39, 0.29) is 17.5 Å². The van der Waals surface area contributed by atoms with E-state index in [2.05, 4.69) is 26.6 Å². The molecule has 17 heavy (non-hydrogen) atoms. The first-order valence-electron chi connectivity index (χ1n) is 5.64. The molecule has 0 spiro atoms. The predicted octanol–water partition coefficient (Wildman–Crippen LogP) is 1.54. The van der Waals surface area contributed by atoms with Crippen molar-refractivity contribution >= 4 is 21.8 Å². The van der Waals surface area contributed by atoms with E-state index in [1.807, 2.05) is 0 Å². The van der Waals surface area contributed by atoms with E-state index in [0.717, 1.165) is 13.1 Å². The fraction of sp³-hybridized carbons (Fsp3) is 0.417. The van der Waals surface area contributed by atoms with Crippen molar-refractivity contribution in [3.05, 3.63) is 34.1 Å². The molecular formula is C12H12BrFN2O. The molecule has 1 aliphatic heterocycles. The van der Waals surface area contributed by atoms with Crippen LogP contribution in [0.3, 0.4) is 0 Å². The van der Waals surface area contributed by atoms with Gasteiger partial charge < -0.3 is 10.6 Å². The van der Waals surface area contributed by atoms with E-state index in [1.54, 1.807) is 12.1 Å². The number of nitrogens with one attached hydrogen (secondary N) is 2. The molecule has 0 aromatic heterocycles. The van der Waals surface area contributed by atoms with Gasteiger partial charge in [-0.25, -0.2) is 4.39 Å². The molecule has 1 aliphatic carbocycles. The lowest BCUT2D eigenvalue weighted by molar-refractivity contribution is 0.0941. The molecule has 2 N–H and O–H groups in total. The van der Waals surface area contributed by atoms with E-state index in [9.17, 15) is 9.18 Å². The molecule has 1 amide bonds. The smallest absolute Gasteiger partial charge is 0.255 e. The predicted molar refractivity (Wildman–Crippen MR) is 65.2 cm³/mol. The summed E-state index contributed by atoms with van der Waals surface area (Å²) in [4.78, 5) is 12.0. The quantitative estimate of drug-likeness (QED) is 0.869. The highest BCUT2D eigenvalue weighted by Gasteiger charge is 2.53. The van der Waals surface area contributed by atoms with Crippen LogP contribution in [0.2, 0.25) is 0 Å². The Morgan fingerprint density at radius 2 is 2.12 bits per heavy atom.